The van der Waals surface area contributed by atoms with Crippen molar-refractivity contribution in [3.63, 3.8) is 0 Å². The van der Waals surface area contributed by atoms with Crippen LogP contribution in [0, 0.1) is 0 Å². The van der Waals surface area contributed by atoms with E-state index in [4.69, 9.17) is 0 Å². The maximum absolute atomic E-state index is 12.4. The van der Waals surface area contributed by atoms with Crippen LogP contribution in [0.3, 0.4) is 0 Å². The maximum atomic E-state index is 12.4. The zero-order valence-corrected chi connectivity index (χ0v) is 14.4. The molecule has 0 aliphatic heterocycles. The molecule has 1 atom stereocenters. The summed E-state index contributed by atoms with van der Waals surface area (Å²) in [7, 11) is -4.29. The zero-order valence-electron chi connectivity index (χ0n) is 13.6. The fraction of sp³-hybridized carbons (Fsp3) is 0.267. The second-order valence-corrected chi connectivity index (χ2v) is 7.02. The fourth-order valence-corrected chi connectivity index (χ4v) is 3.06. The maximum Gasteiger partial charge on any atom is 0.325 e. The van der Waals surface area contributed by atoms with Crippen LogP contribution in [0.5, 0.6) is 0 Å². The van der Waals surface area contributed by atoms with E-state index in [0.29, 0.717) is 6.42 Å². The summed E-state index contributed by atoms with van der Waals surface area (Å²) in [4.78, 5) is 38.3. The van der Waals surface area contributed by atoms with Crippen LogP contribution in [-0.4, -0.2) is 30.3 Å². The number of carbonyl (C=O) groups is 1. The Balaban J connectivity index is 2.38. The van der Waals surface area contributed by atoms with Crippen LogP contribution in [0.2, 0.25) is 0 Å². The predicted molar refractivity (Wildman–Crippen MR) is 92.2 cm³/mol. The molecule has 2 rings (SSSR count). The topological polar surface area (TPSA) is 141 Å². The van der Waals surface area contributed by atoms with Crippen molar-refractivity contribution in [1.82, 2.24) is 15.3 Å². The van der Waals surface area contributed by atoms with Gasteiger partial charge in [0.1, 0.15) is 0 Å². The monoisotopic (exact) mass is 366 g/mol. The molecular weight excluding hydrogens is 348 g/mol. The Kier molecular flexibility index (Phi) is 5.42. The van der Waals surface area contributed by atoms with Gasteiger partial charge in [-0.3, -0.25) is 19.3 Å². The van der Waals surface area contributed by atoms with Gasteiger partial charge in [-0.05, 0) is 25.5 Å². The molecule has 4 N–H and O–H groups in total. The summed E-state index contributed by atoms with van der Waals surface area (Å²) in [5.74, 6) is -0.442. The lowest BCUT2D eigenvalue weighted by Crippen LogP contribution is -2.33. The van der Waals surface area contributed by atoms with Gasteiger partial charge in [0.15, 0.2) is 4.90 Å². The number of benzene rings is 1. The van der Waals surface area contributed by atoms with Gasteiger partial charge in [0, 0.05) is 12.2 Å². The predicted octanol–water partition coefficient (Wildman–Crippen LogP) is 0.392. The van der Waals surface area contributed by atoms with E-state index in [2.05, 4.69) is 15.0 Å². The number of sulfonamides is 1. The van der Waals surface area contributed by atoms with Crippen molar-refractivity contribution in [2.24, 2.45) is 0 Å². The van der Waals surface area contributed by atoms with Gasteiger partial charge in [0.2, 0.25) is 0 Å². The summed E-state index contributed by atoms with van der Waals surface area (Å²) in [6.45, 7) is 3.73. The van der Waals surface area contributed by atoms with Crippen molar-refractivity contribution in [2.75, 3.05) is 4.72 Å². The second kappa shape index (κ2) is 7.34. The van der Waals surface area contributed by atoms with E-state index in [-0.39, 0.29) is 17.3 Å². The zero-order chi connectivity index (χ0) is 18.6. The Morgan fingerprint density at radius 1 is 1.24 bits per heavy atom. The molecule has 1 aromatic heterocycles. The van der Waals surface area contributed by atoms with Crippen LogP contribution in [0.25, 0.3) is 0 Å². The van der Waals surface area contributed by atoms with Gasteiger partial charge >= 0.3 is 5.69 Å². The molecule has 25 heavy (non-hydrogen) atoms. The third kappa shape index (κ3) is 4.35. The third-order valence-electron chi connectivity index (χ3n) is 3.48. The molecule has 0 aliphatic carbocycles. The highest BCUT2D eigenvalue weighted by molar-refractivity contribution is 7.92. The lowest BCUT2D eigenvalue weighted by Gasteiger charge is -2.15. The molecule has 9 nitrogen and oxygen atoms in total. The van der Waals surface area contributed by atoms with Crippen molar-refractivity contribution < 1.29 is 13.2 Å². The lowest BCUT2D eigenvalue weighted by atomic mass is 10.1. The second-order valence-electron chi connectivity index (χ2n) is 5.37. The molecule has 10 heteroatoms. The van der Waals surface area contributed by atoms with Gasteiger partial charge in [0.05, 0.1) is 11.3 Å². The van der Waals surface area contributed by atoms with Gasteiger partial charge in [0.25, 0.3) is 21.5 Å². The number of carbonyl (C=O) groups excluding carboxylic acids is 1. The summed E-state index contributed by atoms with van der Waals surface area (Å²) < 4.78 is 27.0. The van der Waals surface area contributed by atoms with Crippen molar-refractivity contribution >= 4 is 21.6 Å². The quantitative estimate of drug-likeness (QED) is 0.585. The SMILES string of the molecule is CCC(C)NC(=O)c1ccccc1NS(=O)(=O)c1c[nH]c(=O)[nH]c1=O. The Morgan fingerprint density at radius 3 is 2.56 bits per heavy atom. The molecule has 2 aromatic rings. The van der Waals surface area contributed by atoms with Gasteiger partial charge in [-0.1, -0.05) is 19.1 Å². The highest BCUT2D eigenvalue weighted by Gasteiger charge is 2.22. The van der Waals surface area contributed by atoms with E-state index < -0.39 is 32.1 Å². The van der Waals surface area contributed by atoms with Crippen LogP contribution >= 0.6 is 0 Å². The van der Waals surface area contributed by atoms with Crippen molar-refractivity contribution in [3.8, 4) is 0 Å². The highest BCUT2D eigenvalue weighted by Crippen LogP contribution is 2.18. The van der Waals surface area contributed by atoms with E-state index >= 15 is 0 Å². The molecule has 0 saturated heterocycles. The van der Waals surface area contributed by atoms with E-state index in [9.17, 15) is 22.8 Å². The fourth-order valence-electron chi connectivity index (χ4n) is 1.97. The Morgan fingerprint density at radius 2 is 1.92 bits per heavy atom. The van der Waals surface area contributed by atoms with Crippen molar-refractivity contribution in [3.05, 3.63) is 56.9 Å². The number of para-hydroxylation sites is 1. The van der Waals surface area contributed by atoms with Gasteiger partial charge in [-0.25, -0.2) is 13.2 Å². The van der Waals surface area contributed by atoms with Crippen LogP contribution in [0.15, 0.2) is 44.9 Å². The number of rotatable bonds is 6. The minimum Gasteiger partial charge on any atom is -0.350 e. The normalized spacial score (nSPS) is 12.4. The van der Waals surface area contributed by atoms with Crippen molar-refractivity contribution in [1.29, 1.82) is 0 Å². The van der Waals surface area contributed by atoms with E-state index in [1.165, 1.54) is 12.1 Å². The first-order valence-electron chi connectivity index (χ1n) is 7.49. The van der Waals surface area contributed by atoms with E-state index in [0.717, 1.165) is 6.20 Å². The summed E-state index contributed by atoms with van der Waals surface area (Å²) in [6, 6.07) is 5.93. The molecule has 0 bridgehead atoms. The molecular formula is C15H18N4O5S. The average molecular weight is 366 g/mol. The summed E-state index contributed by atoms with van der Waals surface area (Å²) in [5, 5.41) is 2.74. The van der Waals surface area contributed by atoms with Gasteiger partial charge in [-0.15, -0.1) is 0 Å². The number of anilines is 1. The molecule has 1 unspecified atom stereocenters. The largest absolute Gasteiger partial charge is 0.350 e. The molecule has 0 radical (unpaired) electrons. The van der Waals surface area contributed by atoms with E-state index in [1.54, 1.807) is 12.1 Å². The highest BCUT2D eigenvalue weighted by atomic mass is 32.2. The van der Waals surface area contributed by atoms with Gasteiger partial charge < -0.3 is 10.3 Å². The number of amides is 1. The number of aromatic nitrogens is 2. The molecule has 1 aromatic carbocycles. The molecule has 1 amide bonds. The summed E-state index contributed by atoms with van der Waals surface area (Å²) >= 11 is 0. The lowest BCUT2D eigenvalue weighted by molar-refractivity contribution is 0.0940. The number of H-pyrrole nitrogens is 2. The summed E-state index contributed by atoms with van der Waals surface area (Å²) in [6.07, 6.45) is 1.51. The average Bonchev–Trinajstić information content (AvgIpc) is 2.54. The van der Waals surface area contributed by atoms with Crippen LogP contribution in [0.4, 0.5) is 5.69 Å². The molecule has 134 valence electrons. The third-order valence-corrected chi connectivity index (χ3v) is 4.85. The number of aromatic amines is 2. The van der Waals surface area contributed by atoms with Crippen LogP contribution in [0.1, 0.15) is 30.6 Å². The number of hydrogen-bond donors (Lipinski definition) is 4. The number of hydrogen-bond acceptors (Lipinski definition) is 5. The van der Waals surface area contributed by atoms with E-state index in [1.807, 2.05) is 18.8 Å². The van der Waals surface area contributed by atoms with Crippen LogP contribution in [-0.2, 0) is 10.0 Å². The first-order valence-corrected chi connectivity index (χ1v) is 8.97. The smallest absolute Gasteiger partial charge is 0.325 e. The summed E-state index contributed by atoms with van der Waals surface area (Å²) in [5.41, 5.74) is -1.74. The molecule has 0 saturated carbocycles. The standard InChI is InChI=1S/C15H18N4O5S/c1-3-9(2)17-13(20)10-6-4-5-7-11(10)19-25(23,24)12-8-16-15(22)18-14(12)21/h4-9,19H,3H2,1-2H3,(H,17,20)(H2,16,18,21,22). The molecule has 0 spiro atoms. The Bertz CT molecular complexity index is 993. The first-order chi connectivity index (χ1) is 11.7. The van der Waals surface area contributed by atoms with Crippen molar-refractivity contribution in [2.45, 2.75) is 31.2 Å². The molecule has 0 fully saturated rings. The first kappa shape index (κ1) is 18.5. The Hall–Kier alpha value is -2.88. The molecule has 0 aliphatic rings. The van der Waals surface area contributed by atoms with Gasteiger partial charge in [-0.2, -0.15) is 0 Å². The Labute approximate surface area is 143 Å². The minimum atomic E-state index is -4.29. The minimum absolute atomic E-state index is 0.0221. The number of nitrogens with one attached hydrogen (secondary N) is 4. The van der Waals surface area contributed by atoms with Crippen LogP contribution < -0.4 is 21.3 Å². The molecule has 1 heterocycles.